The minimum absolute atomic E-state index is 0.0891. The molecular weight excluding hydrogens is 769 g/mol. The number of ether oxygens (including phenoxy) is 3. The molecule has 0 fully saturated rings. The average Bonchev–Trinajstić information content (AvgIpc) is 3.27. The van der Waals surface area contributed by atoms with Crippen molar-refractivity contribution in [2.24, 2.45) is 0 Å². The molecule has 0 aromatic rings. The Hall–Kier alpha value is -3.15. The Kier molecular flexibility index (Phi) is 47.9. The highest BCUT2D eigenvalue weighted by molar-refractivity contribution is 5.71. The van der Waals surface area contributed by atoms with Crippen molar-refractivity contribution in [2.45, 2.75) is 252 Å². The Bertz CT molecular complexity index is 1180. The second-order valence-corrected chi connectivity index (χ2v) is 17.1. The molecule has 0 amide bonds. The summed E-state index contributed by atoms with van der Waals surface area (Å²) in [4.78, 5) is 37.9. The summed E-state index contributed by atoms with van der Waals surface area (Å²) in [5.74, 6) is -0.928. The minimum atomic E-state index is -0.789. The molecule has 1 unspecified atom stereocenters. The molecule has 6 nitrogen and oxygen atoms in total. The van der Waals surface area contributed by atoms with Crippen LogP contribution in [0.25, 0.3) is 0 Å². The zero-order chi connectivity index (χ0) is 45.1. The first-order valence-electron chi connectivity index (χ1n) is 25.9. The molecule has 0 rings (SSSR count). The summed E-state index contributed by atoms with van der Waals surface area (Å²) >= 11 is 0. The van der Waals surface area contributed by atoms with Crippen molar-refractivity contribution in [3.8, 4) is 0 Å². The standard InChI is InChI=1S/C56H96O6/c1-4-7-10-13-16-19-22-24-26-27-28-29-30-32-34-37-40-43-46-49-55(58)61-52-53(51-60-54(57)48-45-42-39-36-33-21-18-15-12-9-6-3)62-56(59)50-47-44-41-38-35-31-25-23-20-17-14-11-8-5-2/h7,10,15-16,18-19,24,26,28-29,32,34,53H,4-6,8-9,11-14,17,20-23,25,27,30-31,33,35-52H2,1-3H3/b10-7-,18-15-,19-16-,26-24-,29-28-,34-32-. The number of carbonyl (C=O) groups excluding carboxylic acids is 3. The van der Waals surface area contributed by atoms with E-state index in [1.807, 2.05) is 0 Å². The highest BCUT2D eigenvalue weighted by Gasteiger charge is 2.19. The van der Waals surface area contributed by atoms with Crippen molar-refractivity contribution in [1.29, 1.82) is 0 Å². The number of hydrogen-bond acceptors (Lipinski definition) is 6. The molecule has 0 bridgehead atoms. The molecule has 6 heteroatoms. The van der Waals surface area contributed by atoms with E-state index < -0.39 is 6.10 Å². The molecule has 62 heavy (non-hydrogen) atoms. The number of hydrogen-bond donors (Lipinski definition) is 0. The molecule has 0 radical (unpaired) electrons. The lowest BCUT2D eigenvalue weighted by atomic mass is 10.0. The van der Waals surface area contributed by atoms with Gasteiger partial charge in [0.25, 0.3) is 0 Å². The summed E-state index contributed by atoms with van der Waals surface area (Å²) in [5.41, 5.74) is 0. The van der Waals surface area contributed by atoms with Crippen LogP contribution in [0.15, 0.2) is 72.9 Å². The van der Waals surface area contributed by atoms with Gasteiger partial charge in [-0.05, 0) is 83.5 Å². The Morgan fingerprint density at radius 1 is 0.339 bits per heavy atom. The van der Waals surface area contributed by atoms with Crippen molar-refractivity contribution in [3.63, 3.8) is 0 Å². The van der Waals surface area contributed by atoms with Gasteiger partial charge >= 0.3 is 17.9 Å². The highest BCUT2D eigenvalue weighted by Crippen LogP contribution is 2.15. The molecule has 0 aromatic heterocycles. The van der Waals surface area contributed by atoms with E-state index in [-0.39, 0.29) is 31.1 Å². The molecule has 0 N–H and O–H groups in total. The molecule has 0 heterocycles. The molecule has 0 aliphatic rings. The van der Waals surface area contributed by atoms with Crippen LogP contribution < -0.4 is 0 Å². The quantitative estimate of drug-likeness (QED) is 0.0262. The van der Waals surface area contributed by atoms with E-state index in [1.54, 1.807) is 0 Å². The third-order valence-corrected chi connectivity index (χ3v) is 10.9. The fourth-order valence-corrected chi connectivity index (χ4v) is 7.04. The van der Waals surface area contributed by atoms with Crippen molar-refractivity contribution in [3.05, 3.63) is 72.9 Å². The SMILES string of the molecule is CC/C=C\C/C=C\C/C=C\C/C=C\C/C=C\CCCCCC(=O)OCC(COC(=O)CCCCCCC/C=C\CCCC)OC(=O)CCCCCCCCCCCCCCCC. The maximum absolute atomic E-state index is 12.8. The molecule has 1 atom stereocenters. The van der Waals surface area contributed by atoms with Crippen LogP contribution >= 0.6 is 0 Å². The number of esters is 3. The fourth-order valence-electron chi connectivity index (χ4n) is 7.04. The van der Waals surface area contributed by atoms with Gasteiger partial charge in [-0.1, -0.05) is 216 Å². The first kappa shape index (κ1) is 58.9. The van der Waals surface area contributed by atoms with E-state index in [0.29, 0.717) is 19.3 Å². The van der Waals surface area contributed by atoms with E-state index in [2.05, 4.69) is 93.7 Å². The van der Waals surface area contributed by atoms with Crippen molar-refractivity contribution in [2.75, 3.05) is 13.2 Å². The van der Waals surface area contributed by atoms with Crippen LogP contribution in [-0.4, -0.2) is 37.2 Å². The van der Waals surface area contributed by atoms with E-state index in [9.17, 15) is 14.4 Å². The lowest BCUT2D eigenvalue weighted by molar-refractivity contribution is -0.167. The lowest BCUT2D eigenvalue weighted by Crippen LogP contribution is -2.30. The monoisotopic (exact) mass is 865 g/mol. The van der Waals surface area contributed by atoms with Crippen molar-refractivity contribution in [1.82, 2.24) is 0 Å². The molecular formula is C56H96O6. The van der Waals surface area contributed by atoms with Crippen molar-refractivity contribution >= 4 is 17.9 Å². The molecule has 356 valence electrons. The van der Waals surface area contributed by atoms with Crippen LogP contribution in [0.3, 0.4) is 0 Å². The molecule has 0 aliphatic carbocycles. The molecule has 0 aliphatic heterocycles. The van der Waals surface area contributed by atoms with Crippen LogP contribution in [0.5, 0.6) is 0 Å². The lowest BCUT2D eigenvalue weighted by Gasteiger charge is -2.18. The maximum atomic E-state index is 12.8. The van der Waals surface area contributed by atoms with E-state index in [4.69, 9.17) is 14.2 Å². The Labute approximate surface area is 382 Å². The smallest absolute Gasteiger partial charge is 0.306 e. The summed E-state index contributed by atoms with van der Waals surface area (Å²) in [6.07, 6.45) is 63.1. The van der Waals surface area contributed by atoms with Gasteiger partial charge in [-0.2, -0.15) is 0 Å². The predicted octanol–water partition coefficient (Wildman–Crippen LogP) is 17.0. The van der Waals surface area contributed by atoms with Crippen LogP contribution in [0.1, 0.15) is 245 Å². The van der Waals surface area contributed by atoms with Gasteiger partial charge in [0.2, 0.25) is 0 Å². The number of unbranched alkanes of at least 4 members (excludes halogenated alkanes) is 23. The summed E-state index contributed by atoms with van der Waals surface area (Å²) in [6.45, 7) is 6.45. The number of rotatable bonds is 46. The van der Waals surface area contributed by atoms with Crippen LogP contribution in [0, 0.1) is 0 Å². The number of carbonyl (C=O) groups is 3. The Morgan fingerprint density at radius 2 is 0.645 bits per heavy atom. The van der Waals surface area contributed by atoms with Gasteiger partial charge in [-0.15, -0.1) is 0 Å². The van der Waals surface area contributed by atoms with E-state index in [1.165, 1.54) is 103 Å². The van der Waals surface area contributed by atoms with Crippen LogP contribution in [0.4, 0.5) is 0 Å². The van der Waals surface area contributed by atoms with Crippen LogP contribution in [-0.2, 0) is 28.6 Å². The fraction of sp³-hybridized carbons (Fsp3) is 0.732. The average molecular weight is 865 g/mol. The molecule has 0 aromatic carbocycles. The zero-order valence-electron chi connectivity index (χ0n) is 40.6. The molecule has 0 spiro atoms. The first-order chi connectivity index (χ1) is 30.5. The number of allylic oxidation sites excluding steroid dienone is 12. The topological polar surface area (TPSA) is 78.9 Å². The van der Waals surface area contributed by atoms with Gasteiger partial charge in [0.1, 0.15) is 13.2 Å². The van der Waals surface area contributed by atoms with Gasteiger partial charge in [-0.3, -0.25) is 14.4 Å². The normalized spacial score (nSPS) is 12.6. The second-order valence-electron chi connectivity index (χ2n) is 17.1. The summed E-state index contributed by atoms with van der Waals surface area (Å²) in [6, 6.07) is 0. The summed E-state index contributed by atoms with van der Waals surface area (Å²) in [5, 5.41) is 0. The molecule has 0 saturated heterocycles. The Morgan fingerprint density at radius 3 is 1.06 bits per heavy atom. The first-order valence-corrected chi connectivity index (χ1v) is 25.9. The second kappa shape index (κ2) is 50.5. The van der Waals surface area contributed by atoms with Gasteiger partial charge in [0, 0.05) is 19.3 Å². The third kappa shape index (κ3) is 47.9. The zero-order valence-corrected chi connectivity index (χ0v) is 40.6. The molecule has 0 saturated carbocycles. The van der Waals surface area contributed by atoms with Gasteiger partial charge < -0.3 is 14.2 Å². The summed E-state index contributed by atoms with van der Waals surface area (Å²) in [7, 11) is 0. The van der Waals surface area contributed by atoms with Crippen LogP contribution in [0.2, 0.25) is 0 Å². The Balaban J connectivity index is 4.42. The third-order valence-electron chi connectivity index (χ3n) is 10.9. The van der Waals surface area contributed by atoms with E-state index in [0.717, 1.165) is 103 Å². The largest absolute Gasteiger partial charge is 0.462 e. The van der Waals surface area contributed by atoms with Gasteiger partial charge in [0.15, 0.2) is 6.10 Å². The highest BCUT2D eigenvalue weighted by atomic mass is 16.6. The maximum Gasteiger partial charge on any atom is 0.306 e. The van der Waals surface area contributed by atoms with Gasteiger partial charge in [0.05, 0.1) is 0 Å². The minimum Gasteiger partial charge on any atom is -0.462 e. The van der Waals surface area contributed by atoms with Crippen molar-refractivity contribution < 1.29 is 28.6 Å². The van der Waals surface area contributed by atoms with E-state index >= 15 is 0 Å². The van der Waals surface area contributed by atoms with Gasteiger partial charge in [-0.25, -0.2) is 0 Å². The summed E-state index contributed by atoms with van der Waals surface area (Å²) < 4.78 is 16.8. The predicted molar refractivity (Wildman–Crippen MR) is 265 cm³/mol.